The molecule has 0 bridgehead atoms. The molecule has 0 aliphatic heterocycles. The quantitative estimate of drug-likeness (QED) is 0.546. The number of nitrogens with one attached hydrogen (secondary N) is 1. The van der Waals surface area contributed by atoms with Gasteiger partial charge in [-0.3, -0.25) is 4.79 Å². The molecule has 0 saturated carbocycles. The molecule has 0 saturated heterocycles. The molecule has 1 N–H and O–H groups in total. The summed E-state index contributed by atoms with van der Waals surface area (Å²) in [5.41, 5.74) is 2.78. The average molecular weight is 380 g/mol. The number of carbonyl (C=O) groups excluding carboxylic acids is 1. The Labute approximate surface area is 138 Å². The van der Waals surface area contributed by atoms with E-state index in [9.17, 15) is 9.18 Å². The second-order valence-electron chi connectivity index (χ2n) is 4.69. The zero-order valence-electron chi connectivity index (χ0n) is 11.6. The largest absolute Gasteiger partial charge is 0.331 e. The Morgan fingerprint density at radius 2 is 2.05 bits per heavy atom. The van der Waals surface area contributed by atoms with Gasteiger partial charge in [0.15, 0.2) is 16.6 Å². The molecule has 2 heterocycles. The van der Waals surface area contributed by atoms with E-state index in [2.05, 4.69) is 30.9 Å². The number of thioether (sulfide) groups is 1. The molecule has 7 heteroatoms. The summed E-state index contributed by atoms with van der Waals surface area (Å²) >= 11 is 4.72. The number of hydrogen-bond acceptors (Lipinski definition) is 4. The molecule has 0 spiro atoms. The lowest BCUT2D eigenvalue weighted by Gasteiger charge is -1.99. The van der Waals surface area contributed by atoms with Crippen LogP contribution in [0.15, 0.2) is 40.0 Å². The third-order valence-electron chi connectivity index (χ3n) is 3.09. The van der Waals surface area contributed by atoms with Crippen LogP contribution in [0.4, 0.5) is 4.39 Å². The van der Waals surface area contributed by atoms with E-state index < -0.39 is 0 Å². The van der Waals surface area contributed by atoms with Crippen molar-refractivity contribution in [2.24, 2.45) is 0 Å². The molecular formula is C15H11BrFN3OS. The van der Waals surface area contributed by atoms with E-state index in [1.54, 1.807) is 0 Å². The highest BCUT2D eigenvalue weighted by molar-refractivity contribution is 9.10. The monoisotopic (exact) mass is 379 g/mol. The minimum atomic E-state index is -0.353. The van der Waals surface area contributed by atoms with Gasteiger partial charge in [0.25, 0.3) is 0 Å². The second-order valence-corrected chi connectivity index (χ2v) is 6.51. The number of ketones is 1. The van der Waals surface area contributed by atoms with E-state index in [0.29, 0.717) is 16.4 Å². The summed E-state index contributed by atoms with van der Waals surface area (Å²) in [7, 11) is 0. The van der Waals surface area contributed by atoms with Crippen LogP contribution in [0.25, 0.3) is 11.2 Å². The van der Waals surface area contributed by atoms with Crippen molar-refractivity contribution in [2.45, 2.75) is 12.1 Å². The second kappa shape index (κ2) is 6.18. The van der Waals surface area contributed by atoms with E-state index in [1.807, 2.05) is 13.0 Å². The van der Waals surface area contributed by atoms with Gasteiger partial charge in [0.1, 0.15) is 5.82 Å². The summed E-state index contributed by atoms with van der Waals surface area (Å²) in [6, 6.07) is 7.45. The van der Waals surface area contributed by atoms with E-state index in [0.717, 1.165) is 15.7 Å². The lowest BCUT2D eigenvalue weighted by Crippen LogP contribution is -2.02. The summed E-state index contributed by atoms with van der Waals surface area (Å²) in [6.07, 6.45) is 0. The first kappa shape index (κ1) is 15.2. The number of imidazole rings is 1. The highest BCUT2D eigenvalue weighted by atomic mass is 79.9. The fraction of sp³-hybridized carbons (Fsp3) is 0.133. The number of hydrogen-bond donors (Lipinski definition) is 1. The highest BCUT2D eigenvalue weighted by Gasteiger charge is 2.11. The molecule has 4 nitrogen and oxygen atoms in total. The molecule has 22 heavy (non-hydrogen) atoms. The molecule has 0 amide bonds. The lowest BCUT2D eigenvalue weighted by atomic mass is 10.1. The normalized spacial score (nSPS) is 11.0. The first-order chi connectivity index (χ1) is 10.5. The maximum absolute atomic E-state index is 12.8. The van der Waals surface area contributed by atoms with Gasteiger partial charge in [-0.15, -0.1) is 0 Å². The van der Waals surface area contributed by atoms with E-state index in [4.69, 9.17) is 0 Å². The van der Waals surface area contributed by atoms with Crippen molar-refractivity contribution in [2.75, 3.05) is 5.75 Å². The number of nitrogens with zero attached hydrogens (tertiary/aromatic N) is 2. The molecule has 112 valence electrons. The third kappa shape index (κ3) is 3.20. The minimum Gasteiger partial charge on any atom is -0.331 e. The maximum Gasteiger partial charge on any atom is 0.178 e. The number of Topliss-reactive ketones (excluding diaryl/α,β-unsaturated/α-hetero) is 1. The zero-order chi connectivity index (χ0) is 15.7. The van der Waals surface area contributed by atoms with Gasteiger partial charge >= 0.3 is 0 Å². The van der Waals surface area contributed by atoms with Crippen LogP contribution in [0.1, 0.15) is 16.1 Å². The van der Waals surface area contributed by atoms with Gasteiger partial charge in [0.2, 0.25) is 0 Å². The number of aryl methyl sites for hydroxylation is 1. The van der Waals surface area contributed by atoms with Gasteiger partial charge in [-0.25, -0.2) is 14.4 Å². The van der Waals surface area contributed by atoms with Gasteiger partial charge < -0.3 is 4.98 Å². The van der Waals surface area contributed by atoms with Gasteiger partial charge in [-0.2, -0.15) is 0 Å². The predicted octanol–water partition coefficient (Wildman–Crippen LogP) is 4.14. The Kier molecular flexibility index (Phi) is 4.26. The molecule has 0 atom stereocenters. The van der Waals surface area contributed by atoms with Crippen LogP contribution in [0.2, 0.25) is 0 Å². The molecule has 0 aliphatic carbocycles. The molecule has 3 aromatic rings. The van der Waals surface area contributed by atoms with Crippen LogP contribution in [0.3, 0.4) is 0 Å². The SMILES string of the molecule is Cc1nc2nc(SCC(=O)c3ccc(F)cc3)[nH]c2cc1Br. The van der Waals surface area contributed by atoms with Crippen molar-refractivity contribution in [3.8, 4) is 0 Å². The Hall–Kier alpha value is -1.73. The van der Waals surface area contributed by atoms with Crippen LogP contribution in [-0.4, -0.2) is 26.5 Å². The standard InChI is InChI=1S/C15H11BrFN3OS/c1-8-11(16)6-12-14(18-8)20-15(19-12)22-7-13(21)9-2-4-10(17)5-3-9/h2-6H,7H2,1H3,(H,18,19,20). The Bertz CT molecular complexity index is 809. The molecule has 0 unspecified atom stereocenters. The van der Waals surface area contributed by atoms with Crippen molar-refractivity contribution >= 4 is 44.6 Å². The summed E-state index contributed by atoms with van der Waals surface area (Å²) < 4.78 is 13.7. The number of aromatic amines is 1. The van der Waals surface area contributed by atoms with Crippen LogP contribution >= 0.6 is 27.7 Å². The molecular weight excluding hydrogens is 369 g/mol. The van der Waals surface area contributed by atoms with Gasteiger partial charge in [-0.05, 0) is 53.2 Å². The molecule has 0 radical (unpaired) electrons. The molecule has 2 aromatic heterocycles. The topological polar surface area (TPSA) is 58.6 Å². The number of halogens is 2. The van der Waals surface area contributed by atoms with E-state index in [-0.39, 0.29) is 17.4 Å². The summed E-state index contributed by atoms with van der Waals surface area (Å²) in [5.74, 6) is -0.199. The van der Waals surface area contributed by atoms with E-state index >= 15 is 0 Å². The maximum atomic E-state index is 12.8. The Balaban J connectivity index is 1.73. The predicted molar refractivity (Wildman–Crippen MR) is 87.8 cm³/mol. The zero-order valence-corrected chi connectivity index (χ0v) is 14.0. The van der Waals surface area contributed by atoms with Crippen molar-refractivity contribution in [1.82, 2.24) is 15.0 Å². The number of carbonyl (C=O) groups is 1. The fourth-order valence-electron chi connectivity index (χ4n) is 1.91. The fourth-order valence-corrected chi connectivity index (χ4v) is 2.99. The van der Waals surface area contributed by atoms with Crippen molar-refractivity contribution in [3.63, 3.8) is 0 Å². The van der Waals surface area contributed by atoms with Crippen molar-refractivity contribution in [1.29, 1.82) is 0 Å². The number of fused-ring (bicyclic) bond motifs is 1. The molecule has 1 aromatic carbocycles. The summed E-state index contributed by atoms with van der Waals surface area (Å²) in [4.78, 5) is 23.9. The molecule has 0 aliphatic rings. The van der Waals surface area contributed by atoms with Crippen molar-refractivity contribution in [3.05, 3.63) is 51.9 Å². The number of pyridine rings is 1. The van der Waals surface area contributed by atoms with Crippen LogP contribution in [0, 0.1) is 12.7 Å². The molecule has 3 rings (SSSR count). The number of H-pyrrole nitrogens is 1. The summed E-state index contributed by atoms with van der Waals surface area (Å²) in [6.45, 7) is 1.89. The van der Waals surface area contributed by atoms with Gasteiger partial charge in [0.05, 0.1) is 17.0 Å². The van der Waals surface area contributed by atoms with Gasteiger partial charge in [0, 0.05) is 10.0 Å². The smallest absolute Gasteiger partial charge is 0.178 e. The minimum absolute atomic E-state index is 0.0734. The average Bonchev–Trinajstić information content (AvgIpc) is 2.88. The highest BCUT2D eigenvalue weighted by Crippen LogP contribution is 2.23. The van der Waals surface area contributed by atoms with Gasteiger partial charge in [-0.1, -0.05) is 11.8 Å². The Morgan fingerprint density at radius 3 is 2.77 bits per heavy atom. The molecule has 0 fully saturated rings. The lowest BCUT2D eigenvalue weighted by molar-refractivity contribution is 0.102. The van der Waals surface area contributed by atoms with E-state index in [1.165, 1.54) is 36.0 Å². The van der Waals surface area contributed by atoms with Crippen LogP contribution in [0.5, 0.6) is 0 Å². The van der Waals surface area contributed by atoms with Crippen molar-refractivity contribution < 1.29 is 9.18 Å². The number of benzene rings is 1. The first-order valence-corrected chi connectivity index (χ1v) is 8.25. The van der Waals surface area contributed by atoms with Crippen LogP contribution < -0.4 is 0 Å². The Morgan fingerprint density at radius 1 is 1.32 bits per heavy atom. The number of rotatable bonds is 4. The first-order valence-electron chi connectivity index (χ1n) is 6.47. The third-order valence-corrected chi connectivity index (χ3v) is 4.76. The number of aromatic nitrogens is 3. The van der Waals surface area contributed by atoms with Crippen LogP contribution in [-0.2, 0) is 0 Å². The summed E-state index contributed by atoms with van der Waals surface area (Å²) in [5, 5.41) is 0.635.